The topological polar surface area (TPSA) is 39.1 Å². The Labute approximate surface area is 127 Å². The zero-order chi connectivity index (χ0) is 15.1. The van der Waals surface area contributed by atoms with Crippen molar-refractivity contribution in [1.82, 2.24) is 14.9 Å². The lowest BCUT2D eigenvalue weighted by Crippen LogP contribution is -2.19. The molecule has 1 aromatic heterocycles. The van der Waals surface area contributed by atoms with Gasteiger partial charge in [-0.2, -0.15) is 0 Å². The van der Waals surface area contributed by atoms with Gasteiger partial charge in [0.05, 0.1) is 18.2 Å². The van der Waals surface area contributed by atoms with Crippen LogP contribution in [0.5, 0.6) is 5.75 Å². The van der Waals surface area contributed by atoms with Crippen molar-refractivity contribution in [3.05, 3.63) is 48.0 Å². The van der Waals surface area contributed by atoms with Gasteiger partial charge in [-0.3, -0.25) is 0 Å². The Kier molecular flexibility index (Phi) is 5.81. The van der Waals surface area contributed by atoms with Crippen LogP contribution in [0, 0.1) is 0 Å². The number of hydrogen-bond acceptors (Lipinski definition) is 3. The van der Waals surface area contributed by atoms with E-state index < -0.39 is 0 Å². The van der Waals surface area contributed by atoms with Crippen LogP contribution in [0.1, 0.15) is 44.5 Å². The van der Waals surface area contributed by atoms with Crippen LogP contribution in [0.15, 0.2) is 36.8 Å². The molecule has 0 saturated carbocycles. The Bertz CT molecular complexity index is 533. The van der Waals surface area contributed by atoms with E-state index in [0.717, 1.165) is 31.0 Å². The number of nitrogens with zero attached hydrogens (tertiary/aromatic N) is 2. The van der Waals surface area contributed by atoms with Gasteiger partial charge in [0.15, 0.2) is 0 Å². The second-order valence-corrected chi connectivity index (χ2v) is 5.05. The van der Waals surface area contributed by atoms with Gasteiger partial charge in [-0.25, -0.2) is 4.98 Å². The lowest BCUT2D eigenvalue weighted by molar-refractivity contribution is 0.295. The summed E-state index contributed by atoms with van der Waals surface area (Å²) in [5.74, 6) is 0.897. The fourth-order valence-electron chi connectivity index (χ4n) is 2.45. The first-order chi connectivity index (χ1) is 10.3. The highest BCUT2D eigenvalue weighted by Crippen LogP contribution is 2.20. The summed E-state index contributed by atoms with van der Waals surface area (Å²) in [6.07, 6.45) is 4.78. The van der Waals surface area contributed by atoms with Crippen molar-refractivity contribution in [1.29, 1.82) is 0 Å². The van der Waals surface area contributed by atoms with Gasteiger partial charge in [-0.15, -0.1) is 0 Å². The number of benzene rings is 1. The monoisotopic (exact) mass is 287 g/mol. The van der Waals surface area contributed by atoms with E-state index in [1.165, 1.54) is 5.56 Å². The second kappa shape index (κ2) is 7.84. The van der Waals surface area contributed by atoms with Crippen LogP contribution in [0.2, 0.25) is 0 Å². The third-order valence-electron chi connectivity index (χ3n) is 3.67. The van der Waals surface area contributed by atoms with Crippen LogP contribution in [-0.4, -0.2) is 16.1 Å². The Morgan fingerprint density at radius 3 is 2.57 bits per heavy atom. The van der Waals surface area contributed by atoms with Crippen LogP contribution >= 0.6 is 0 Å². The van der Waals surface area contributed by atoms with E-state index in [1.54, 1.807) is 0 Å². The first-order valence-electron chi connectivity index (χ1n) is 7.73. The molecule has 0 bridgehead atoms. The number of hydrogen-bond donors (Lipinski definition) is 1. The smallest absolute Gasteiger partial charge is 0.130 e. The van der Waals surface area contributed by atoms with E-state index in [2.05, 4.69) is 47.8 Å². The molecule has 1 unspecified atom stereocenters. The molecule has 1 aromatic carbocycles. The summed E-state index contributed by atoms with van der Waals surface area (Å²) >= 11 is 0. The molecule has 114 valence electrons. The Morgan fingerprint density at radius 1 is 1.19 bits per heavy atom. The van der Waals surface area contributed by atoms with Gasteiger partial charge in [-0.1, -0.05) is 26.0 Å². The number of imidazole rings is 1. The van der Waals surface area contributed by atoms with E-state index in [4.69, 9.17) is 4.74 Å². The summed E-state index contributed by atoms with van der Waals surface area (Å²) < 4.78 is 7.93. The summed E-state index contributed by atoms with van der Waals surface area (Å²) in [5.41, 5.74) is 2.41. The molecule has 0 radical (unpaired) electrons. The maximum atomic E-state index is 5.84. The zero-order valence-electron chi connectivity index (χ0n) is 13.2. The van der Waals surface area contributed by atoms with Crippen molar-refractivity contribution in [2.24, 2.45) is 0 Å². The molecule has 4 heteroatoms. The van der Waals surface area contributed by atoms with Crippen molar-refractivity contribution in [2.75, 3.05) is 6.54 Å². The average Bonchev–Trinajstić information content (AvgIpc) is 2.99. The Hall–Kier alpha value is -1.81. The minimum Gasteiger partial charge on any atom is -0.487 e. The number of aromatic nitrogens is 2. The Balaban J connectivity index is 1.96. The van der Waals surface area contributed by atoms with E-state index in [-0.39, 0.29) is 0 Å². The molecule has 0 spiro atoms. The summed E-state index contributed by atoms with van der Waals surface area (Å²) in [4.78, 5) is 4.15. The fourth-order valence-corrected chi connectivity index (χ4v) is 2.45. The third kappa shape index (κ3) is 4.08. The largest absolute Gasteiger partial charge is 0.487 e. The number of ether oxygens (including phenoxy) is 1. The van der Waals surface area contributed by atoms with Crippen molar-refractivity contribution in [2.45, 2.75) is 46.4 Å². The first-order valence-corrected chi connectivity index (χ1v) is 7.73. The van der Waals surface area contributed by atoms with Gasteiger partial charge < -0.3 is 14.6 Å². The highest BCUT2D eigenvalue weighted by Gasteiger charge is 2.07. The van der Waals surface area contributed by atoms with Crippen molar-refractivity contribution < 1.29 is 4.74 Å². The number of rotatable bonds is 8. The molecular weight excluding hydrogens is 262 g/mol. The number of aryl methyl sites for hydroxylation is 1. The fraction of sp³-hybridized carbons (Fsp3) is 0.471. The first kappa shape index (κ1) is 15.6. The zero-order valence-corrected chi connectivity index (χ0v) is 13.2. The molecular formula is C17H25N3O. The van der Waals surface area contributed by atoms with E-state index >= 15 is 0 Å². The average molecular weight is 287 g/mol. The SMILES string of the molecule is CCNC(CC)c1ccc(OCc2cncn2CC)cc1. The maximum absolute atomic E-state index is 5.84. The van der Waals surface area contributed by atoms with Gasteiger partial charge in [0.2, 0.25) is 0 Å². The highest BCUT2D eigenvalue weighted by molar-refractivity contribution is 5.29. The number of nitrogens with one attached hydrogen (secondary N) is 1. The summed E-state index contributed by atoms with van der Waals surface area (Å²) in [5, 5.41) is 3.49. The van der Waals surface area contributed by atoms with Crippen LogP contribution < -0.4 is 10.1 Å². The molecule has 1 heterocycles. The van der Waals surface area contributed by atoms with Crippen molar-refractivity contribution >= 4 is 0 Å². The molecule has 2 aromatic rings. The molecule has 0 saturated heterocycles. The van der Waals surface area contributed by atoms with Crippen molar-refractivity contribution in [3.8, 4) is 5.75 Å². The summed E-state index contributed by atoms with van der Waals surface area (Å²) in [6, 6.07) is 8.79. The molecule has 1 atom stereocenters. The summed E-state index contributed by atoms with van der Waals surface area (Å²) in [6.45, 7) is 8.89. The predicted molar refractivity (Wildman–Crippen MR) is 85.4 cm³/mol. The highest BCUT2D eigenvalue weighted by atomic mass is 16.5. The van der Waals surface area contributed by atoms with Crippen LogP contribution in [-0.2, 0) is 13.2 Å². The quantitative estimate of drug-likeness (QED) is 0.807. The van der Waals surface area contributed by atoms with E-state index in [9.17, 15) is 0 Å². The molecule has 21 heavy (non-hydrogen) atoms. The molecule has 0 amide bonds. The normalized spacial score (nSPS) is 12.3. The molecule has 0 aliphatic heterocycles. The lowest BCUT2D eigenvalue weighted by Gasteiger charge is -2.16. The van der Waals surface area contributed by atoms with Gasteiger partial charge in [0.25, 0.3) is 0 Å². The molecule has 0 aliphatic carbocycles. The van der Waals surface area contributed by atoms with Crippen molar-refractivity contribution in [3.63, 3.8) is 0 Å². The van der Waals surface area contributed by atoms with Gasteiger partial charge in [0.1, 0.15) is 12.4 Å². The maximum Gasteiger partial charge on any atom is 0.130 e. The third-order valence-corrected chi connectivity index (χ3v) is 3.67. The van der Waals surface area contributed by atoms with Gasteiger partial charge in [0, 0.05) is 12.6 Å². The molecule has 0 aliphatic rings. The lowest BCUT2D eigenvalue weighted by atomic mass is 10.0. The van der Waals surface area contributed by atoms with Crippen LogP contribution in [0.4, 0.5) is 0 Å². The predicted octanol–water partition coefficient (Wildman–Crippen LogP) is 3.54. The van der Waals surface area contributed by atoms with Gasteiger partial charge in [-0.05, 0) is 37.6 Å². The standard InChI is InChI=1S/C17H25N3O/c1-4-17(19-5-2)14-7-9-16(10-8-14)21-12-15-11-18-13-20(15)6-3/h7-11,13,17,19H,4-6,12H2,1-3H3. The minimum absolute atomic E-state index is 0.422. The second-order valence-electron chi connectivity index (χ2n) is 5.05. The van der Waals surface area contributed by atoms with E-state index in [0.29, 0.717) is 12.6 Å². The summed E-state index contributed by atoms with van der Waals surface area (Å²) in [7, 11) is 0. The molecule has 4 nitrogen and oxygen atoms in total. The molecule has 0 fully saturated rings. The molecule has 1 N–H and O–H groups in total. The molecule has 2 rings (SSSR count). The van der Waals surface area contributed by atoms with Gasteiger partial charge >= 0.3 is 0 Å². The minimum atomic E-state index is 0.422. The van der Waals surface area contributed by atoms with E-state index in [1.807, 2.05) is 24.7 Å². The van der Waals surface area contributed by atoms with Crippen LogP contribution in [0.3, 0.4) is 0 Å². The Morgan fingerprint density at radius 2 is 1.95 bits per heavy atom. The van der Waals surface area contributed by atoms with Crippen LogP contribution in [0.25, 0.3) is 0 Å².